The zero-order chi connectivity index (χ0) is 16.5. The van der Waals surface area contributed by atoms with E-state index in [4.69, 9.17) is 21.8 Å². The van der Waals surface area contributed by atoms with Gasteiger partial charge in [-0.2, -0.15) is 20.2 Å². The number of benzene rings is 1. The van der Waals surface area contributed by atoms with Gasteiger partial charge in [0, 0.05) is 5.75 Å². The van der Waals surface area contributed by atoms with Gasteiger partial charge in [-0.05, 0) is 12.1 Å². The number of anilines is 1. The van der Waals surface area contributed by atoms with Crippen LogP contribution in [0.5, 0.6) is 0 Å². The highest BCUT2D eigenvalue weighted by Crippen LogP contribution is 2.34. The topological polar surface area (TPSA) is 139 Å². The van der Waals surface area contributed by atoms with Crippen LogP contribution in [-0.2, 0) is 20.0 Å². The Kier molecular flexibility index (Phi) is 5.04. The molecule has 1 aromatic rings. The molecular formula is C10H12ClN3O5S3. The molecule has 1 heterocycles. The number of nitrogens with zero attached hydrogens (tertiary/aromatic N) is 1. The van der Waals surface area contributed by atoms with Crippen molar-refractivity contribution in [3.63, 3.8) is 0 Å². The number of fused-ring (bicyclic) bond motifs is 1. The first-order chi connectivity index (χ1) is 10.1. The van der Waals surface area contributed by atoms with Crippen LogP contribution in [0.2, 0.25) is 5.02 Å². The number of thioether (sulfide) groups is 1. The molecule has 122 valence electrons. The molecule has 4 N–H and O–H groups in total. The lowest BCUT2D eigenvalue weighted by Gasteiger charge is -2.19. The van der Waals surface area contributed by atoms with Gasteiger partial charge in [-0.1, -0.05) is 11.6 Å². The maximum absolute atomic E-state index is 12.1. The summed E-state index contributed by atoms with van der Waals surface area (Å²) >= 11 is 7.13. The van der Waals surface area contributed by atoms with Crippen molar-refractivity contribution in [3.8, 4) is 0 Å². The zero-order valence-electron chi connectivity index (χ0n) is 11.0. The summed E-state index contributed by atoms with van der Waals surface area (Å²) in [6.07, 6.45) is 0. The molecule has 1 aromatic carbocycles. The molecule has 0 aliphatic carbocycles. The van der Waals surface area contributed by atoms with E-state index in [1.165, 1.54) is 17.8 Å². The molecule has 0 bridgehead atoms. The SMILES string of the molecule is NS(=O)(=O)c1cc2c(cc1Cl)NC(CSCCO)=NS2(=O)=O. The molecule has 8 nitrogen and oxygen atoms in total. The van der Waals surface area contributed by atoms with Crippen LogP contribution in [-0.4, -0.2) is 45.9 Å². The van der Waals surface area contributed by atoms with Gasteiger partial charge in [0.05, 0.1) is 23.1 Å². The van der Waals surface area contributed by atoms with E-state index in [1.54, 1.807) is 0 Å². The van der Waals surface area contributed by atoms with Crippen LogP contribution in [0.1, 0.15) is 0 Å². The van der Waals surface area contributed by atoms with Gasteiger partial charge in [-0.25, -0.2) is 13.6 Å². The molecular weight excluding hydrogens is 374 g/mol. The Balaban J connectivity index is 2.46. The van der Waals surface area contributed by atoms with Crippen molar-refractivity contribution in [1.29, 1.82) is 0 Å². The maximum atomic E-state index is 12.1. The molecule has 0 saturated heterocycles. The van der Waals surface area contributed by atoms with Gasteiger partial charge in [-0.15, -0.1) is 4.40 Å². The summed E-state index contributed by atoms with van der Waals surface area (Å²) < 4.78 is 50.7. The Hall–Kier alpha value is -0.850. The second-order valence-corrected chi connectivity index (χ2v) is 8.85. The second kappa shape index (κ2) is 6.34. The maximum Gasteiger partial charge on any atom is 0.286 e. The third kappa shape index (κ3) is 3.73. The summed E-state index contributed by atoms with van der Waals surface area (Å²) in [5.74, 6) is 0.845. The first-order valence-corrected chi connectivity index (χ1v) is 10.3. The van der Waals surface area contributed by atoms with Gasteiger partial charge in [0.25, 0.3) is 10.0 Å². The minimum atomic E-state index is -4.15. The van der Waals surface area contributed by atoms with Gasteiger partial charge in [0.15, 0.2) is 0 Å². The quantitative estimate of drug-likeness (QED) is 0.616. The summed E-state index contributed by atoms with van der Waals surface area (Å²) in [5.41, 5.74) is 0.131. The molecule has 22 heavy (non-hydrogen) atoms. The van der Waals surface area contributed by atoms with Crippen LogP contribution in [0.25, 0.3) is 0 Å². The molecule has 0 atom stereocenters. The smallest absolute Gasteiger partial charge is 0.286 e. The van der Waals surface area contributed by atoms with Gasteiger partial charge >= 0.3 is 0 Å². The number of sulfonamides is 2. The molecule has 0 fully saturated rings. The Morgan fingerprint density at radius 1 is 1.41 bits per heavy atom. The summed E-state index contributed by atoms with van der Waals surface area (Å²) in [6, 6.07) is 2.07. The van der Waals surface area contributed by atoms with Gasteiger partial charge in [-0.3, -0.25) is 0 Å². The van der Waals surface area contributed by atoms with Crippen LogP contribution in [0.4, 0.5) is 5.69 Å². The number of halogens is 1. The van der Waals surface area contributed by atoms with Crippen molar-refractivity contribution in [2.75, 3.05) is 23.4 Å². The van der Waals surface area contributed by atoms with Crippen molar-refractivity contribution in [1.82, 2.24) is 0 Å². The van der Waals surface area contributed by atoms with E-state index in [-0.39, 0.29) is 33.8 Å². The molecule has 0 amide bonds. The van der Waals surface area contributed by atoms with Gasteiger partial charge < -0.3 is 10.4 Å². The number of rotatable bonds is 5. The number of hydrogen-bond donors (Lipinski definition) is 3. The number of aliphatic hydroxyl groups is 1. The first-order valence-electron chi connectivity index (χ1n) is 5.81. The predicted molar refractivity (Wildman–Crippen MR) is 85.5 cm³/mol. The fourth-order valence-corrected chi connectivity index (χ4v) is 4.74. The average Bonchev–Trinajstić information content (AvgIpc) is 2.35. The standard InChI is InChI=1S/C10H12ClN3O5S3/c11-6-3-7-9(4-8(6)21(12,16)17)22(18,19)14-10(13-7)5-20-2-1-15/h3-4,15H,1-2,5H2,(H,13,14)(H2,12,16,17). The summed E-state index contributed by atoms with van der Waals surface area (Å²) in [4.78, 5) is -0.788. The average molecular weight is 386 g/mol. The molecule has 0 radical (unpaired) electrons. The molecule has 0 aromatic heterocycles. The van der Waals surface area contributed by atoms with Crippen LogP contribution in [0, 0.1) is 0 Å². The molecule has 12 heteroatoms. The normalized spacial score (nSPS) is 16.6. The third-order valence-electron chi connectivity index (χ3n) is 2.60. The monoisotopic (exact) mass is 385 g/mol. The molecule has 0 spiro atoms. The van der Waals surface area contributed by atoms with Crippen molar-refractivity contribution in [2.24, 2.45) is 9.54 Å². The van der Waals surface area contributed by atoms with E-state index in [2.05, 4.69) is 9.71 Å². The van der Waals surface area contributed by atoms with Crippen molar-refractivity contribution in [2.45, 2.75) is 9.79 Å². The fourth-order valence-electron chi connectivity index (χ4n) is 1.73. The molecule has 1 aliphatic rings. The lowest BCUT2D eigenvalue weighted by atomic mass is 10.3. The molecule has 0 unspecified atom stereocenters. The van der Waals surface area contributed by atoms with Crippen molar-refractivity contribution in [3.05, 3.63) is 17.2 Å². The number of aliphatic hydroxyl groups excluding tert-OH is 1. The summed E-state index contributed by atoms with van der Waals surface area (Å²) in [5, 5.41) is 16.3. The van der Waals surface area contributed by atoms with Crippen LogP contribution in [0.15, 0.2) is 26.3 Å². The van der Waals surface area contributed by atoms with Gasteiger partial charge in [0.2, 0.25) is 10.0 Å². The highest BCUT2D eigenvalue weighted by atomic mass is 35.5. The minimum Gasteiger partial charge on any atom is -0.396 e. The first kappa shape index (κ1) is 17.5. The Morgan fingerprint density at radius 3 is 2.68 bits per heavy atom. The molecule has 2 rings (SSSR count). The number of hydrogen-bond acceptors (Lipinski definition) is 7. The van der Waals surface area contributed by atoms with Crippen LogP contribution < -0.4 is 10.5 Å². The van der Waals surface area contributed by atoms with E-state index >= 15 is 0 Å². The fraction of sp³-hybridized carbons (Fsp3) is 0.300. The summed E-state index contributed by atoms with van der Waals surface area (Å²) in [7, 11) is -8.21. The third-order valence-corrected chi connectivity index (χ3v) is 6.28. The molecule has 1 aliphatic heterocycles. The van der Waals surface area contributed by atoms with E-state index in [9.17, 15) is 16.8 Å². The largest absolute Gasteiger partial charge is 0.396 e. The number of nitrogens with two attached hydrogens (primary N) is 1. The Morgan fingerprint density at radius 2 is 2.09 bits per heavy atom. The predicted octanol–water partition coefficient (Wildman–Crippen LogP) is 0.226. The lowest BCUT2D eigenvalue weighted by molar-refractivity contribution is 0.322. The second-order valence-electron chi connectivity index (χ2n) is 4.24. The van der Waals surface area contributed by atoms with Crippen LogP contribution >= 0.6 is 23.4 Å². The Bertz CT molecular complexity index is 836. The van der Waals surface area contributed by atoms with E-state index < -0.39 is 24.9 Å². The summed E-state index contributed by atoms with van der Waals surface area (Å²) in [6.45, 7) is -0.0369. The van der Waals surface area contributed by atoms with Crippen molar-refractivity contribution >= 4 is 54.9 Å². The number of nitrogens with one attached hydrogen (secondary N) is 1. The highest BCUT2D eigenvalue weighted by molar-refractivity contribution is 8.00. The zero-order valence-corrected chi connectivity index (χ0v) is 14.2. The van der Waals surface area contributed by atoms with Crippen LogP contribution in [0.3, 0.4) is 0 Å². The van der Waals surface area contributed by atoms with Gasteiger partial charge in [0.1, 0.15) is 15.6 Å². The van der Waals surface area contributed by atoms with Crippen molar-refractivity contribution < 1.29 is 21.9 Å². The number of primary sulfonamides is 1. The lowest BCUT2D eigenvalue weighted by Crippen LogP contribution is -2.24. The van der Waals surface area contributed by atoms with E-state index in [0.717, 1.165) is 6.07 Å². The number of amidine groups is 1. The molecule has 0 saturated carbocycles. The highest BCUT2D eigenvalue weighted by Gasteiger charge is 2.28. The minimum absolute atomic E-state index is 0.0369. The van der Waals surface area contributed by atoms with E-state index in [1.807, 2.05) is 0 Å². The Labute approximate surface area is 136 Å². The van der Waals surface area contributed by atoms with E-state index in [0.29, 0.717) is 5.75 Å².